The summed E-state index contributed by atoms with van der Waals surface area (Å²) in [5.41, 5.74) is 1.19. The Morgan fingerprint density at radius 1 is 1.19 bits per heavy atom. The van der Waals surface area contributed by atoms with Crippen molar-refractivity contribution in [3.63, 3.8) is 0 Å². The molecular formula is C13H15NO2. The highest BCUT2D eigenvalue weighted by Crippen LogP contribution is 2.30. The first-order chi connectivity index (χ1) is 7.72. The average molecular weight is 217 g/mol. The highest BCUT2D eigenvalue weighted by Gasteiger charge is 2.11. The zero-order valence-electron chi connectivity index (χ0n) is 9.42. The van der Waals surface area contributed by atoms with Crippen molar-refractivity contribution in [3.05, 3.63) is 48.3 Å². The molecule has 0 saturated heterocycles. The highest BCUT2D eigenvalue weighted by atomic mass is 16.5. The van der Waals surface area contributed by atoms with Crippen molar-refractivity contribution in [2.75, 3.05) is 7.11 Å². The molecule has 2 rings (SSSR count). The molecule has 16 heavy (non-hydrogen) atoms. The van der Waals surface area contributed by atoms with Crippen molar-refractivity contribution in [1.29, 1.82) is 0 Å². The minimum atomic E-state index is 0.172. The van der Waals surface area contributed by atoms with Gasteiger partial charge in [-0.25, -0.2) is 0 Å². The molecule has 1 heterocycles. The number of hydrogen-bond acceptors (Lipinski definition) is 2. The van der Waals surface area contributed by atoms with Crippen LogP contribution in [0.2, 0.25) is 0 Å². The lowest BCUT2D eigenvalue weighted by Crippen LogP contribution is -2.03. The predicted octanol–water partition coefficient (Wildman–Crippen LogP) is 2.81. The third-order valence-electron chi connectivity index (χ3n) is 2.74. The van der Waals surface area contributed by atoms with Gasteiger partial charge >= 0.3 is 0 Å². The lowest BCUT2D eigenvalue weighted by Gasteiger charge is -2.13. The van der Waals surface area contributed by atoms with Crippen LogP contribution in [0.1, 0.15) is 18.5 Å². The molecule has 1 aromatic heterocycles. The number of rotatable bonds is 3. The van der Waals surface area contributed by atoms with Gasteiger partial charge in [-0.1, -0.05) is 30.3 Å². The molecule has 0 aliphatic carbocycles. The second-order valence-electron chi connectivity index (χ2n) is 3.75. The van der Waals surface area contributed by atoms with Crippen molar-refractivity contribution >= 4 is 0 Å². The van der Waals surface area contributed by atoms with E-state index >= 15 is 0 Å². The molecule has 1 aromatic carbocycles. The van der Waals surface area contributed by atoms with Crippen LogP contribution in [-0.4, -0.2) is 16.8 Å². The van der Waals surface area contributed by atoms with E-state index in [1.165, 1.54) is 5.56 Å². The summed E-state index contributed by atoms with van der Waals surface area (Å²) in [5, 5.41) is 9.58. The number of hydrogen-bond donors (Lipinski definition) is 1. The average Bonchev–Trinajstić information content (AvgIpc) is 2.71. The van der Waals surface area contributed by atoms with Gasteiger partial charge in [-0.3, -0.25) is 0 Å². The summed E-state index contributed by atoms with van der Waals surface area (Å²) >= 11 is 0. The van der Waals surface area contributed by atoms with E-state index in [1.54, 1.807) is 19.5 Å². The van der Waals surface area contributed by atoms with E-state index < -0.39 is 0 Å². The quantitative estimate of drug-likeness (QED) is 0.857. The first-order valence-corrected chi connectivity index (χ1v) is 5.21. The summed E-state index contributed by atoms with van der Waals surface area (Å²) in [6, 6.07) is 10.3. The maximum atomic E-state index is 9.58. The highest BCUT2D eigenvalue weighted by molar-refractivity contribution is 5.37. The Bertz CT molecular complexity index is 462. The maximum absolute atomic E-state index is 9.58. The lowest BCUT2D eigenvalue weighted by atomic mass is 10.1. The standard InChI is InChI=1S/C13H15NO2/c1-10(11-6-4-3-5-7-11)14-8-12(15)13(9-14)16-2/h3-10,15H,1-2H3. The van der Waals surface area contributed by atoms with E-state index in [0.717, 1.165) is 0 Å². The molecule has 0 spiro atoms. The minimum absolute atomic E-state index is 0.172. The number of benzene rings is 1. The molecule has 3 heteroatoms. The van der Waals surface area contributed by atoms with Crippen LogP contribution in [0.3, 0.4) is 0 Å². The molecule has 0 aliphatic heterocycles. The number of ether oxygens (including phenoxy) is 1. The first-order valence-electron chi connectivity index (χ1n) is 5.21. The van der Waals surface area contributed by atoms with E-state index in [9.17, 15) is 5.11 Å². The lowest BCUT2D eigenvalue weighted by molar-refractivity contribution is 0.376. The molecule has 0 aliphatic rings. The van der Waals surface area contributed by atoms with Gasteiger partial charge in [0.05, 0.1) is 25.5 Å². The van der Waals surface area contributed by atoms with Crippen molar-refractivity contribution in [2.45, 2.75) is 13.0 Å². The fourth-order valence-corrected chi connectivity index (χ4v) is 1.73. The smallest absolute Gasteiger partial charge is 0.178 e. The fraction of sp³-hybridized carbons (Fsp3) is 0.231. The SMILES string of the molecule is COc1cn(C(C)c2ccccc2)cc1O. The Morgan fingerprint density at radius 3 is 2.44 bits per heavy atom. The number of methoxy groups -OCH3 is 1. The molecule has 0 amide bonds. The molecule has 1 atom stereocenters. The monoisotopic (exact) mass is 217 g/mol. The molecule has 3 nitrogen and oxygen atoms in total. The molecule has 0 radical (unpaired) electrons. The normalized spacial score (nSPS) is 12.4. The second kappa shape index (κ2) is 4.31. The molecule has 1 N–H and O–H groups in total. The molecular weight excluding hydrogens is 202 g/mol. The van der Waals surface area contributed by atoms with Gasteiger partial charge in [0.25, 0.3) is 0 Å². The Balaban J connectivity index is 2.31. The van der Waals surface area contributed by atoms with Crippen LogP contribution in [0.25, 0.3) is 0 Å². The van der Waals surface area contributed by atoms with Gasteiger partial charge in [0.2, 0.25) is 0 Å². The van der Waals surface area contributed by atoms with Crippen LogP contribution in [0.4, 0.5) is 0 Å². The van der Waals surface area contributed by atoms with Gasteiger partial charge in [-0.05, 0) is 12.5 Å². The maximum Gasteiger partial charge on any atom is 0.178 e. The Labute approximate surface area is 94.9 Å². The molecule has 1 unspecified atom stereocenters. The Morgan fingerprint density at radius 2 is 1.88 bits per heavy atom. The van der Waals surface area contributed by atoms with Gasteiger partial charge in [0.15, 0.2) is 11.5 Å². The third-order valence-corrected chi connectivity index (χ3v) is 2.74. The van der Waals surface area contributed by atoms with E-state index in [0.29, 0.717) is 5.75 Å². The van der Waals surface area contributed by atoms with E-state index in [1.807, 2.05) is 22.8 Å². The van der Waals surface area contributed by atoms with Crippen molar-refractivity contribution in [2.24, 2.45) is 0 Å². The van der Waals surface area contributed by atoms with Crippen molar-refractivity contribution < 1.29 is 9.84 Å². The summed E-state index contributed by atoms with van der Waals surface area (Å²) in [6.45, 7) is 2.08. The van der Waals surface area contributed by atoms with Gasteiger partial charge in [0, 0.05) is 0 Å². The van der Waals surface area contributed by atoms with Gasteiger partial charge in [-0.15, -0.1) is 0 Å². The fourth-order valence-electron chi connectivity index (χ4n) is 1.73. The van der Waals surface area contributed by atoms with Gasteiger partial charge in [-0.2, -0.15) is 0 Å². The Hall–Kier alpha value is -1.90. The molecule has 0 saturated carbocycles. The van der Waals surface area contributed by atoms with Crippen LogP contribution in [0.5, 0.6) is 11.5 Å². The van der Waals surface area contributed by atoms with Crippen LogP contribution in [-0.2, 0) is 0 Å². The van der Waals surface area contributed by atoms with Gasteiger partial charge in [0.1, 0.15) is 0 Å². The zero-order chi connectivity index (χ0) is 11.5. The van der Waals surface area contributed by atoms with E-state index in [4.69, 9.17) is 4.74 Å². The van der Waals surface area contributed by atoms with Crippen LogP contribution in [0, 0.1) is 0 Å². The van der Waals surface area contributed by atoms with Crippen LogP contribution < -0.4 is 4.74 Å². The first kappa shape index (κ1) is 10.6. The van der Waals surface area contributed by atoms with Crippen molar-refractivity contribution in [1.82, 2.24) is 4.57 Å². The predicted molar refractivity (Wildman–Crippen MR) is 62.9 cm³/mol. The summed E-state index contributed by atoms with van der Waals surface area (Å²) < 4.78 is 6.97. The van der Waals surface area contributed by atoms with Crippen molar-refractivity contribution in [3.8, 4) is 11.5 Å². The third kappa shape index (κ3) is 1.89. The van der Waals surface area contributed by atoms with Crippen LogP contribution >= 0.6 is 0 Å². The number of aromatic nitrogens is 1. The van der Waals surface area contributed by atoms with Gasteiger partial charge < -0.3 is 14.4 Å². The van der Waals surface area contributed by atoms with E-state index in [-0.39, 0.29) is 11.8 Å². The molecule has 2 aromatic rings. The second-order valence-corrected chi connectivity index (χ2v) is 3.75. The Kier molecular flexibility index (Phi) is 2.86. The molecule has 0 bridgehead atoms. The minimum Gasteiger partial charge on any atom is -0.503 e. The zero-order valence-corrected chi connectivity index (χ0v) is 9.42. The molecule has 0 fully saturated rings. The summed E-state index contributed by atoms with van der Waals surface area (Å²) in [6.07, 6.45) is 3.48. The van der Waals surface area contributed by atoms with E-state index in [2.05, 4.69) is 19.1 Å². The molecule has 84 valence electrons. The summed E-state index contributed by atoms with van der Waals surface area (Å²) in [4.78, 5) is 0. The summed E-state index contributed by atoms with van der Waals surface area (Å²) in [5.74, 6) is 0.674. The largest absolute Gasteiger partial charge is 0.503 e. The number of aromatic hydroxyl groups is 1. The number of nitrogens with zero attached hydrogens (tertiary/aromatic N) is 1. The van der Waals surface area contributed by atoms with Crippen LogP contribution in [0.15, 0.2) is 42.7 Å². The topological polar surface area (TPSA) is 34.4 Å². The summed E-state index contributed by atoms with van der Waals surface area (Å²) in [7, 11) is 1.55.